The Hall–Kier alpha value is -1.34. The Kier molecular flexibility index (Phi) is 8.57. The molecule has 30 heavy (non-hydrogen) atoms. The fourth-order valence-electron chi connectivity index (χ4n) is 3.92. The van der Waals surface area contributed by atoms with Gasteiger partial charge in [-0.2, -0.15) is 13.2 Å². The molecule has 2 unspecified atom stereocenters. The highest BCUT2D eigenvalue weighted by Crippen LogP contribution is 2.40. The third-order valence-corrected chi connectivity index (χ3v) is 5.56. The second kappa shape index (κ2) is 10.3. The number of aromatic nitrogens is 2. The zero-order chi connectivity index (χ0) is 21.1. The van der Waals surface area contributed by atoms with Crippen LogP contribution in [0.15, 0.2) is 29.5 Å². The van der Waals surface area contributed by atoms with Gasteiger partial charge in [-0.1, -0.05) is 12.2 Å². The van der Waals surface area contributed by atoms with Crippen molar-refractivity contribution in [1.29, 1.82) is 0 Å². The Bertz CT molecular complexity index is 745. The number of hydrogen-bond acceptors (Lipinski definition) is 4. The molecule has 0 radical (unpaired) electrons. The number of nitrogens with zero attached hydrogens (tertiary/aromatic N) is 5. The molecular weight excluding hydrogens is 512 g/mol. The highest BCUT2D eigenvalue weighted by Gasteiger charge is 2.57. The van der Waals surface area contributed by atoms with Crippen LogP contribution in [0.25, 0.3) is 0 Å². The summed E-state index contributed by atoms with van der Waals surface area (Å²) in [6.07, 6.45) is 2.49. The summed E-state index contributed by atoms with van der Waals surface area (Å²) in [4.78, 5) is 12.6. The van der Waals surface area contributed by atoms with Crippen LogP contribution in [0.5, 0.6) is 0 Å². The number of hydrogen-bond donors (Lipinski definition) is 2. The Balaban J connectivity index is 0.00000320. The first-order valence-corrected chi connectivity index (χ1v) is 9.95. The van der Waals surface area contributed by atoms with E-state index in [-0.39, 0.29) is 30.5 Å². The number of aryl methyl sites for hydroxylation is 1. The lowest BCUT2D eigenvalue weighted by Crippen LogP contribution is -2.46. The summed E-state index contributed by atoms with van der Waals surface area (Å²) in [7, 11) is 1.43. The van der Waals surface area contributed by atoms with Gasteiger partial charge in [0.2, 0.25) is 5.60 Å². The summed E-state index contributed by atoms with van der Waals surface area (Å²) in [6, 6.07) is 0.411. The van der Waals surface area contributed by atoms with Crippen LogP contribution in [-0.2, 0) is 12.6 Å². The SMILES string of the molecule is CCNC(=NCCC(O)(c1nccn1C)C(F)(F)F)N1CCC(N2CC=CC2)C1.I. The fourth-order valence-corrected chi connectivity index (χ4v) is 3.92. The van der Waals surface area contributed by atoms with Crippen molar-refractivity contribution in [2.75, 3.05) is 39.3 Å². The van der Waals surface area contributed by atoms with Crippen LogP contribution in [0.4, 0.5) is 13.2 Å². The molecule has 1 aromatic heterocycles. The summed E-state index contributed by atoms with van der Waals surface area (Å²) in [6.45, 7) is 5.84. The normalized spacial score (nSPS) is 22.3. The summed E-state index contributed by atoms with van der Waals surface area (Å²) in [5.41, 5.74) is -3.04. The Labute approximate surface area is 192 Å². The second-order valence-corrected chi connectivity index (χ2v) is 7.52. The molecule has 0 spiro atoms. The minimum absolute atomic E-state index is 0. The smallest absolute Gasteiger partial charge is 0.374 e. The zero-order valence-electron chi connectivity index (χ0n) is 17.3. The maximum Gasteiger partial charge on any atom is 0.424 e. The van der Waals surface area contributed by atoms with Gasteiger partial charge < -0.3 is 19.9 Å². The van der Waals surface area contributed by atoms with Crippen molar-refractivity contribution in [2.24, 2.45) is 12.0 Å². The van der Waals surface area contributed by atoms with Gasteiger partial charge >= 0.3 is 6.18 Å². The molecule has 0 amide bonds. The molecule has 3 heterocycles. The first-order valence-electron chi connectivity index (χ1n) is 9.95. The first-order chi connectivity index (χ1) is 13.8. The van der Waals surface area contributed by atoms with Crippen LogP contribution in [0.2, 0.25) is 0 Å². The van der Waals surface area contributed by atoms with Gasteiger partial charge in [-0.3, -0.25) is 9.89 Å². The molecule has 0 aliphatic carbocycles. The van der Waals surface area contributed by atoms with Crippen molar-refractivity contribution in [3.63, 3.8) is 0 Å². The van der Waals surface area contributed by atoms with Crippen LogP contribution in [0, 0.1) is 0 Å². The van der Waals surface area contributed by atoms with Crippen molar-refractivity contribution in [3.8, 4) is 0 Å². The Morgan fingerprint density at radius 1 is 1.33 bits per heavy atom. The molecule has 170 valence electrons. The highest BCUT2D eigenvalue weighted by molar-refractivity contribution is 14.0. The van der Waals surface area contributed by atoms with Crippen LogP contribution < -0.4 is 5.32 Å². The number of guanidine groups is 1. The van der Waals surface area contributed by atoms with Gasteiger partial charge in [-0.25, -0.2) is 4.98 Å². The predicted molar refractivity (Wildman–Crippen MR) is 120 cm³/mol. The molecule has 0 aromatic carbocycles. The molecule has 1 fully saturated rings. The summed E-state index contributed by atoms with van der Waals surface area (Å²) in [5.74, 6) is 0.166. The van der Waals surface area contributed by atoms with Crippen LogP contribution in [0.3, 0.4) is 0 Å². The molecular formula is C19H30F3IN6O. The molecule has 11 heteroatoms. The molecule has 2 atom stereocenters. The van der Waals surface area contributed by atoms with Crippen molar-refractivity contribution in [2.45, 2.75) is 37.6 Å². The maximum atomic E-state index is 13.7. The molecule has 0 bridgehead atoms. The minimum atomic E-state index is -4.85. The largest absolute Gasteiger partial charge is 0.424 e. The lowest BCUT2D eigenvalue weighted by Gasteiger charge is -2.30. The number of imidazole rings is 1. The topological polar surface area (TPSA) is 68.9 Å². The number of likely N-dealkylation sites (tertiary alicyclic amines) is 1. The summed E-state index contributed by atoms with van der Waals surface area (Å²) >= 11 is 0. The van der Waals surface area contributed by atoms with Crippen molar-refractivity contribution >= 4 is 29.9 Å². The number of halogens is 4. The van der Waals surface area contributed by atoms with Crippen molar-refractivity contribution in [1.82, 2.24) is 24.7 Å². The number of aliphatic hydroxyl groups is 1. The van der Waals surface area contributed by atoms with E-state index in [4.69, 9.17) is 0 Å². The Morgan fingerprint density at radius 3 is 2.60 bits per heavy atom. The maximum absolute atomic E-state index is 13.7. The predicted octanol–water partition coefficient (Wildman–Crippen LogP) is 2.09. The standard InChI is InChI=1S/C19H29F3N6O.HI/c1-3-23-17(28-12-6-15(14-28)27-10-4-5-11-27)25-8-7-18(29,19(20,21)22)16-24-9-13-26(16)2;/h4-5,9,13,15,29H,3,6-8,10-12,14H2,1-2H3,(H,23,25);1H. The number of alkyl halides is 3. The molecule has 1 aromatic rings. The summed E-state index contributed by atoms with van der Waals surface area (Å²) in [5, 5.41) is 13.6. The zero-order valence-corrected chi connectivity index (χ0v) is 19.6. The summed E-state index contributed by atoms with van der Waals surface area (Å²) < 4.78 is 42.2. The van der Waals surface area contributed by atoms with Crippen LogP contribution >= 0.6 is 24.0 Å². The Morgan fingerprint density at radius 2 is 2.03 bits per heavy atom. The van der Waals surface area contributed by atoms with Gasteiger partial charge in [0.15, 0.2) is 5.96 Å². The van der Waals surface area contributed by atoms with Crippen molar-refractivity contribution in [3.05, 3.63) is 30.4 Å². The van der Waals surface area contributed by atoms with E-state index in [0.29, 0.717) is 18.5 Å². The first kappa shape index (κ1) is 24.9. The molecule has 2 aliphatic rings. The lowest BCUT2D eigenvalue weighted by atomic mass is 9.98. The van der Waals surface area contributed by atoms with Crippen LogP contribution in [-0.4, -0.2) is 81.9 Å². The van der Waals surface area contributed by atoms with Gasteiger partial charge in [-0.15, -0.1) is 24.0 Å². The molecule has 3 rings (SSSR count). The monoisotopic (exact) mass is 542 g/mol. The molecule has 7 nitrogen and oxygen atoms in total. The fraction of sp³-hybridized carbons (Fsp3) is 0.684. The van der Waals surface area contributed by atoms with E-state index < -0.39 is 24.0 Å². The average Bonchev–Trinajstić information content (AvgIpc) is 3.40. The van der Waals surface area contributed by atoms with Gasteiger partial charge in [0.25, 0.3) is 0 Å². The second-order valence-electron chi connectivity index (χ2n) is 7.52. The van der Waals surface area contributed by atoms with E-state index in [0.717, 1.165) is 32.6 Å². The quantitative estimate of drug-likeness (QED) is 0.250. The highest BCUT2D eigenvalue weighted by atomic mass is 127. The third kappa shape index (κ3) is 5.28. The molecule has 2 aliphatic heterocycles. The van der Waals surface area contributed by atoms with Gasteiger partial charge in [0, 0.05) is 71.2 Å². The van der Waals surface area contributed by atoms with E-state index in [2.05, 4.69) is 37.2 Å². The number of aliphatic imine (C=N–C) groups is 1. The van der Waals surface area contributed by atoms with Crippen molar-refractivity contribution < 1.29 is 18.3 Å². The van der Waals surface area contributed by atoms with E-state index in [9.17, 15) is 18.3 Å². The van der Waals surface area contributed by atoms with E-state index in [1.807, 2.05) is 6.92 Å². The van der Waals surface area contributed by atoms with E-state index in [1.54, 1.807) is 0 Å². The van der Waals surface area contributed by atoms with Crippen LogP contribution in [0.1, 0.15) is 25.6 Å². The molecule has 2 N–H and O–H groups in total. The number of nitrogens with one attached hydrogen (secondary N) is 1. The molecule has 0 saturated carbocycles. The lowest BCUT2D eigenvalue weighted by molar-refractivity contribution is -0.272. The average molecular weight is 542 g/mol. The minimum Gasteiger partial charge on any atom is -0.374 e. The van der Waals surface area contributed by atoms with Gasteiger partial charge in [0.1, 0.15) is 5.82 Å². The van der Waals surface area contributed by atoms with Gasteiger partial charge in [-0.05, 0) is 13.3 Å². The number of rotatable bonds is 6. The van der Waals surface area contributed by atoms with E-state index >= 15 is 0 Å². The van der Waals surface area contributed by atoms with Gasteiger partial charge in [0.05, 0.1) is 0 Å². The third-order valence-electron chi connectivity index (χ3n) is 5.56. The molecule has 1 saturated heterocycles. The van der Waals surface area contributed by atoms with E-state index in [1.165, 1.54) is 24.0 Å².